The molecule has 0 spiro atoms. The molecule has 0 aliphatic rings. The molecule has 4 nitrogen and oxygen atoms in total. The monoisotopic (exact) mass is 270 g/mol. The Bertz CT molecular complexity index is 554. The highest BCUT2D eigenvalue weighted by Crippen LogP contribution is 2.24. The Balaban J connectivity index is 2.27. The summed E-state index contributed by atoms with van der Waals surface area (Å²) < 4.78 is 0. The number of anilines is 3. The third kappa shape index (κ3) is 3.47. The lowest BCUT2D eigenvalue weighted by molar-refractivity contribution is 0.935. The van der Waals surface area contributed by atoms with Crippen molar-refractivity contribution in [3.63, 3.8) is 0 Å². The lowest BCUT2D eigenvalue weighted by Gasteiger charge is -2.22. The lowest BCUT2D eigenvalue weighted by atomic mass is 10.2. The summed E-state index contributed by atoms with van der Waals surface area (Å²) in [5, 5.41) is 3.23. The molecule has 0 aliphatic heterocycles. The third-order valence-corrected chi connectivity index (χ3v) is 3.08. The number of rotatable bonds is 6. The largest absolute Gasteiger partial charge is 0.354 e. The van der Waals surface area contributed by atoms with Crippen LogP contribution in [-0.2, 0) is 0 Å². The van der Waals surface area contributed by atoms with Crippen LogP contribution < -0.4 is 10.2 Å². The Hall–Kier alpha value is -2.10. The van der Waals surface area contributed by atoms with E-state index in [2.05, 4.69) is 65.2 Å². The van der Waals surface area contributed by atoms with Crippen LogP contribution in [0.2, 0.25) is 0 Å². The first-order valence-electron chi connectivity index (χ1n) is 7.15. The number of benzene rings is 1. The fraction of sp³-hybridized carbons (Fsp3) is 0.375. The normalized spacial score (nSPS) is 10.3. The highest BCUT2D eigenvalue weighted by atomic mass is 15.2. The van der Waals surface area contributed by atoms with E-state index in [1.54, 1.807) is 6.20 Å². The van der Waals surface area contributed by atoms with Crippen molar-refractivity contribution < 1.29 is 0 Å². The Labute approximate surface area is 120 Å². The van der Waals surface area contributed by atoms with Gasteiger partial charge in [-0.1, -0.05) is 19.1 Å². The summed E-state index contributed by atoms with van der Waals surface area (Å²) in [7, 11) is 0. The maximum Gasteiger partial charge on any atom is 0.224 e. The predicted molar refractivity (Wildman–Crippen MR) is 84.7 cm³/mol. The topological polar surface area (TPSA) is 41.1 Å². The molecule has 20 heavy (non-hydrogen) atoms. The van der Waals surface area contributed by atoms with Crippen molar-refractivity contribution in [1.29, 1.82) is 0 Å². The molecule has 0 bridgehead atoms. The van der Waals surface area contributed by atoms with E-state index in [9.17, 15) is 0 Å². The van der Waals surface area contributed by atoms with Crippen molar-refractivity contribution in [2.24, 2.45) is 0 Å². The fourth-order valence-corrected chi connectivity index (χ4v) is 2.09. The van der Waals surface area contributed by atoms with Crippen molar-refractivity contribution in [3.8, 4) is 0 Å². The second-order valence-corrected chi connectivity index (χ2v) is 4.75. The third-order valence-electron chi connectivity index (χ3n) is 3.08. The first kappa shape index (κ1) is 14.3. The van der Waals surface area contributed by atoms with Gasteiger partial charge in [0.2, 0.25) is 5.95 Å². The molecule has 1 aromatic heterocycles. The average Bonchev–Trinajstić information content (AvgIpc) is 2.46. The van der Waals surface area contributed by atoms with Crippen LogP contribution in [0, 0.1) is 6.92 Å². The second kappa shape index (κ2) is 6.89. The summed E-state index contributed by atoms with van der Waals surface area (Å²) in [6.07, 6.45) is 2.86. The molecule has 0 fully saturated rings. The Morgan fingerprint density at radius 2 is 2.05 bits per heavy atom. The molecule has 2 rings (SSSR count). The van der Waals surface area contributed by atoms with Crippen molar-refractivity contribution in [3.05, 3.63) is 42.1 Å². The van der Waals surface area contributed by atoms with Gasteiger partial charge in [-0.3, -0.25) is 0 Å². The average molecular weight is 270 g/mol. The molecule has 4 heteroatoms. The lowest BCUT2D eigenvalue weighted by Crippen LogP contribution is -2.18. The van der Waals surface area contributed by atoms with Crippen LogP contribution >= 0.6 is 0 Å². The fourth-order valence-electron chi connectivity index (χ4n) is 2.09. The van der Waals surface area contributed by atoms with Crippen LogP contribution in [-0.4, -0.2) is 23.1 Å². The minimum absolute atomic E-state index is 0.690. The number of nitrogens with one attached hydrogen (secondary N) is 1. The number of hydrogen-bond acceptors (Lipinski definition) is 4. The van der Waals surface area contributed by atoms with Crippen molar-refractivity contribution in [2.45, 2.75) is 27.2 Å². The highest BCUT2D eigenvalue weighted by molar-refractivity contribution is 5.61. The Morgan fingerprint density at radius 1 is 1.20 bits per heavy atom. The first-order valence-corrected chi connectivity index (χ1v) is 7.15. The van der Waals surface area contributed by atoms with E-state index in [4.69, 9.17) is 0 Å². The first-order chi connectivity index (χ1) is 9.74. The van der Waals surface area contributed by atoms with Crippen LogP contribution in [0.5, 0.6) is 0 Å². The van der Waals surface area contributed by atoms with Crippen LogP contribution in [0.15, 0.2) is 36.5 Å². The van der Waals surface area contributed by atoms with Crippen molar-refractivity contribution in [1.82, 2.24) is 9.97 Å². The zero-order valence-electron chi connectivity index (χ0n) is 12.4. The molecule has 1 aromatic carbocycles. The number of nitrogens with zero attached hydrogens (tertiary/aromatic N) is 3. The van der Waals surface area contributed by atoms with Gasteiger partial charge in [0.25, 0.3) is 0 Å². The van der Waals surface area contributed by atoms with Gasteiger partial charge in [-0.15, -0.1) is 0 Å². The minimum Gasteiger partial charge on any atom is -0.354 e. The smallest absolute Gasteiger partial charge is 0.224 e. The van der Waals surface area contributed by atoms with E-state index in [0.29, 0.717) is 5.95 Å². The Morgan fingerprint density at radius 3 is 2.75 bits per heavy atom. The molecule has 2 aromatic rings. The van der Waals surface area contributed by atoms with Crippen LogP contribution in [0.1, 0.15) is 25.8 Å². The molecule has 0 atom stereocenters. The van der Waals surface area contributed by atoms with Crippen LogP contribution in [0.25, 0.3) is 0 Å². The summed E-state index contributed by atoms with van der Waals surface area (Å²) in [6.45, 7) is 8.12. The second-order valence-electron chi connectivity index (χ2n) is 4.75. The van der Waals surface area contributed by atoms with Gasteiger partial charge < -0.3 is 10.2 Å². The van der Waals surface area contributed by atoms with Crippen molar-refractivity contribution >= 4 is 17.5 Å². The molecule has 1 heterocycles. The molecule has 1 N–H and O–H groups in total. The van der Waals surface area contributed by atoms with E-state index in [-0.39, 0.29) is 0 Å². The number of aryl methyl sites for hydroxylation is 1. The van der Waals surface area contributed by atoms with Gasteiger partial charge in [0.1, 0.15) is 5.82 Å². The van der Waals surface area contributed by atoms with E-state index >= 15 is 0 Å². The quantitative estimate of drug-likeness (QED) is 0.867. The van der Waals surface area contributed by atoms with Crippen LogP contribution in [0.4, 0.5) is 17.5 Å². The zero-order chi connectivity index (χ0) is 14.4. The number of aromatic nitrogens is 2. The predicted octanol–water partition coefficient (Wildman–Crippen LogP) is 3.76. The summed E-state index contributed by atoms with van der Waals surface area (Å²) in [6, 6.07) is 10.4. The van der Waals surface area contributed by atoms with Crippen molar-refractivity contribution in [2.75, 3.05) is 23.3 Å². The number of hydrogen-bond donors (Lipinski definition) is 1. The minimum atomic E-state index is 0.690. The molecular weight excluding hydrogens is 248 g/mol. The maximum atomic E-state index is 4.59. The van der Waals surface area contributed by atoms with Gasteiger partial charge >= 0.3 is 0 Å². The summed E-state index contributed by atoms with van der Waals surface area (Å²) in [5.74, 6) is 1.61. The summed E-state index contributed by atoms with van der Waals surface area (Å²) >= 11 is 0. The molecule has 0 unspecified atom stereocenters. The Kier molecular flexibility index (Phi) is 4.93. The van der Waals surface area contributed by atoms with E-state index in [1.807, 2.05) is 6.07 Å². The summed E-state index contributed by atoms with van der Waals surface area (Å²) in [5.41, 5.74) is 2.41. The highest BCUT2D eigenvalue weighted by Gasteiger charge is 2.09. The molecule has 0 aliphatic carbocycles. The zero-order valence-corrected chi connectivity index (χ0v) is 12.4. The molecular formula is C16H22N4. The van der Waals surface area contributed by atoms with Gasteiger partial charge in [-0.05, 0) is 44.0 Å². The SMILES string of the molecule is CCCNc1nccc(N(CC)c2cccc(C)c2)n1. The molecule has 106 valence electrons. The van der Waals surface area contributed by atoms with Crippen LogP contribution in [0.3, 0.4) is 0 Å². The van der Waals surface area contributed by atoms with Gasteiger partial charge in [-0.25, -0.2) is 4.98 Å². The van der Waals surface area contributed by atoms with Gasteiger partial charge in [-0.2, -0.15) is 4.98 Å². The molecule has 0 saturated heterocycles. The van der Waals surface area contributed by atoms with E-state index < -0.39 is 0 Å². The molecule has 0 amide bonds. The van der Waals surface area contributed by atoms with E-state index in [0.717, 1.165) is 31.0 Å². The van der Waals surface area contributed by atoms with Gasteiger partial charge in [0.05, 0.1) is 0 Å². The maximum absolute atomic E-state index is 4.59. The van der Waals surface area contributed by atoms with Gasteiger partial charge in [0, 0.05) is 25.0 Å². The summed E-state index contributed by atoms with van der Waals surface area (Å²) in [4.78, 5) is 11.0. The molecule has 0 radical (unpaired) electrons. The molecule has 0 saturated carbocycles. The van der Waals surface area contributed by atoms with E-state index in [1.165, 1.54) is 5.56 Å². The van der Waals surface area contributed by atoms with Gasteiger partial charge in [0.15, 0.2) is 0 Å². The standard InChI is InChI=1S/C16H22N4/c1-4-10-17-16-18-11-9-15(19-16)20(5-2)14-8-6-7-13(3)12-14/h6-9,11-12H,4-5,10H2,1-3H3,(H,17,18,19).